The first-order chi connectivity index (χ1) is 13.5. The topological polar surface area (TPSA) is 67.9 Å². The molecule has 1 aromatic carbocycles. The molecule has 6 nitrogen and oxygen atoms in total. The molecule has 1 amide bonds. The highest BCUT2D eigenvalue weighted by atomic mass is 35.5. The lowest BCUT2D eigenvalue weighted by Crippen LogP contribution is -2.41. The predicted octanol–water partition coefficient (Wildman–Crippen LogP) is 3.67. The van der Waals surface area contributed by atoms with Crippen molar-refractivity contribution in [2.24, 2.45) is 0 Å². The van der Waals surface area contributed by atoms with Crippen LogP contribution in [0.1, 0.15) is 44.6 Å². The molecular weight excluding hydrogens is 400 g/mol. The summed E-state index contributed by atoms with van der Waals surface area (Å²) < 4.78 is 10.2. The molecule has 0 bridgehead atoms. The number of amides is 1. The Morgan fingerprint density at radius 2 is 2.11 bits per heavy atom. The summed E-state index contributed by atoms with van der Waals surface area (Å²) in [5.41, 5.74) is 1.17. The van der Waals surface area contributed by atoms with Crippen LogP contribution < -0.4 is 10.1 Å². The van der Waals surface area contributed by atoms with E-state index in [4.69, 9.17) is 33.3 Å². The second-order valence-corrected chi connectivity index (χ2v) is 7.53. The minimum Gasteiger partial charge on any atom is -0.480 e. The van der Waals surface area contributed by atoms with Gasteiger partial charge in [0.2, 0.25) is 0 Å². The Morgan fingerprint density at radius 3 is 2.79 bits per heavy atom. The zero-order valence-electron chi connectivity index (χ0n) is 15.7. The van der Waals surface area contributed by atoms with E-state index in [0.717, 1.165) is 31.2 Å². The molecule has 150 valence electrons. The van der Waals surface area contributed by atoms with E-state index in [1.165, 1.54) is 6.42 Å². The summed E-state index contributed by atoms with van der Waals surface area (Å²) >= 11 is 11.6. The van der Waals surface area contributed by atoms with E-state index in [1.54, 1.807) is 36.1 Å². The standard InChI is InChI=1S/C20H23ClN2O4S/c1-2-26-18(24)12-27-17-9-8-13(10-15(17)21)11-16-19(25)23(20(28)22-16)14-6-4-3-5-7-14/h8-11,14H,2-7,12H2,1H3,(H,22,28)/b16-11-. The molecule has 0 spiro atoms. The van der Waals surface area contributed by atoms with Gasteiger partial charge < -0.3 is 14.8 Å². The molecule has 1 saturated heterocycles. The van der Waals surface area contributed by atoms with Crippen molar-refractivity contribution >= 4 is 46.9 Å². The molecule has 3 rings (SSSR count). The summed E-state index contributed by atoms with van der Waals surface area (Å²) in [5.74, 6) is -0.181. The van der Waals surface area contributed by atoms with E-state index in [-0.39, 0.29) is 18.6 Å². The lowest BCUT2D eigenvalue weighted by Gasteiger charge is -2.29. The first-order valence-corrected chi connectivity index (χ1v) is 10.2. The molecule has 0 atom stereocenters. The van der Waals surface area contributed by atoms with Crippen molar-refractivity contribution in [2.45, 2.75) is 45.1 Å². The van der Waals surface area contributed by atoms with Gasteiger partial charge in [-0.25, -0.2) is 4.79 Å². The monoisotopic (exact) mass is 422 g/mol. The predicted molar refractivity (Wildman–Crippen MR) is 111 cm³/mol. The summed E-state index contributed by atoms with van der Waals surface area (Å²) in [7, 11) is 0. The van der Waals surface area contributed by atoms with Gasteiger partial charge in [0, 0.05) is 6.04 Å². The highest BCUT2D eigenvalue weighted by Crippen LogP contribution is 2.29. The van der Waals surface area contributed by atoms with Gasteiger partial charge in [0.05, 0.1) is 11.6 Å². The highest BCUT2D eigenvalue weighted by molar-refractivity contribution is 7.80. The number of carbonyl (C=O) groups is 2. The van der Waals surface area contributed by atoms with Crippen molar-refractivity contribution < 1.29 is 19.1 Å². The molecule has 1 aliphatic heterocycles. The van der Waals surface area contributed by atoms with Gasteiger partial charge in [0.15, 0.2) is 11.7 Å². The molecule has 1 aromatic rings. The van der Waals surface area contributed by atoms with E-state index in [2.05, 4.69) is 5.32 Å². The molecule has 1 N–H and O–H groups in total. The molecule has 2 aliphatic rings. The Balaban J connectivity index is 1.69. The van der Waals surface area contributed by atoms with E-state index in [1.807, 2.05) is 0 Å². The minimum absolute atomic E-state index is 0.101. The molecule has 0 radical (unpaired) electrons. The van der Waals surface area contributed by atoms with Gasteiger partial charge in [-0.3, -0.25) is 9.69 Å². The van der Waals surface area contributed by atoms with Crippen LogP contribution in [-0.2, 0) is 14.3 Å². The fourth-order valence-electron chi connectivity index (χ4n) is 3.45. The zero-order chi connectivity index (χ0) is 20.1. The largest absolute Gasteiger partial charge is 0.480 e. The number of nitrogens with zero attached hydrogens (tertiary/aromatic N) is 1. The van der Waals surface area contributed by atoms with Gasteiger partial charge in [-0.05, 0) is 55.8 Å². The number of carbonyl (C=O) groups excluding carboxylic acids is 2. The van der Waals surface area contributed by atoms with Crippen molar-refractivity contribution in [1.82, 2.24) is 10.2 Å². The van der Waals surface area contributed by atoms with Crippen LogP contribution in [0.25, 0.3) is 6.08 Å². The zero-order valence-corrected chi connectivity index (χ0v) is 17.3. The molecule has 1 aliphatic carbocycles. The third-order valence-corrected chi connectivity index (χ3v) is 5.36. The summed E-state index contributed by atoms with van der Waals surface area (Å²) in [6, 6.07) is 5.27. The smallest absolute Gasteiger partial charge is 0.344 e. The Hall–Kier alpha value is -2.12. The number of hydrogen-bond acceptors (Lipinski definition) is 5. The molecule has 0 aromatic heterocycles. The van der Waals surface area contributed by atoms with Crippen molar-refractivity contribution in [3.8, 4) is 5.75 Å². The normalized spacial score (nSPS) is 19.1. The average molecular weight is 423 g/mol. The number of rotatable bonds is 6. The Morgan fingerprint density at radius 1 is 1.36 bits per heavy atom. The number of esters is 1. The number of thiocarbonyl (C=S) groups is 1. The summed E-state index contributed by atoms with van der Waals surface area (Å²) in [6.07, 6.45) is 7.15. The molecule has 8 heteroatoms. The molecule has 1 heterocycles. The van der Waals surface area contributed by atoms with Gasteiger partial charge >= 0.3 is 5.97 Å². The van der Waals surface area contributed by atoms with Crippen LogP contribution in [0, 0.1) is 0 Å². The van der Waals surface area contributed by atoms with Gasteiger partial charge in [-0.1, -0.05) is 36.9 Å². The van der Waals surface area contributed by atoms with E-state index >= 15 is 0 Å². The van der Waals surface area contributed by atoms with E-state index in [9.17, 15) is 9.59 Å². The second kappa shape index (κ2) is 9.39. The van der Waals surface area contributed by atoms with E-state index in [0.29, 0.717) is 28.2 Å². The summed E-state index contributed by atoms with van der Waals surface area (Å²) in [4.78, 5) is 25.9. The first-order valence-electron chi connectivity index (χ1n) is 9.43. The molecule has 0 unspecified atom stereocenters. The molecule has 1 saturated carbocycles. The molecule has 2 fully saturated rings. The lowest BCUT2D eigenvalue weighted by molar-refractivity contribution is -0.145. The quantitative estimate of drug-likeness (QED) is 0.428. The number of ether oxygens (including phenoxy) is 2. The fourth-order valence-corrected chi connectivity index (χ4v) is 4.03. The maximum Gasteiger partial charge on any atom is 0.344 e. The third-order valence-electron chi connectivity index (χ3n) is 4.77. The van der Waals surface area contributed by atoms with E-state index < -0.39 is 5.97 Å². The second-order valence-electron chi connectivity index (χ2n) is 6.74. The van der Waals surface area contributed by atoms with Crippen LogP contribution in [0.3, 0.4) is 0 Å². The van der Waals surface area contributed by atoms with Crippen molar-refractivity contribution in [3.63, 3.8) is 0 Å². The van der Waals surface area contributed by atoms with Crippen LogP contribution in [0.15, 0.2) is 23.9 Å². The van der Waals surface area contributed by atoms with Crippen LogP contribution in [0.5, 0.6) is 5.75 Å². The maximum absolute atomic E-state index is 12.8. The van der Waals surface area contributed by atoms with Crippen LogP contribution in [0.4, 0.5) is 0 Å². The molecular formula is C20H23ClN2O4S. The van der Waals surface area contributed by atoms with Gasteiger partial charge in [-0.15, -0.1) is 0 Å². The van der Waals surface area contributed by atoms with Crippen molar-refractivity contribution in [3.05, 3.63) is 34.5 Å². The first kappa shape index (κ1) is 20.6. The van der Waals surface area contributed by atoms with Crippen molar-refractivity contribution in [1.29, 1.82) is 0 Å². The Labute approximate surface area is 174 Å². The lowest BCUT2D eigenvalue weighted by atomic mass is 9.94. The van der Waals surface area contributed by atoms with Crippen molar-refractivity contribution in [2.75, 3.05) is 13.2 Å². The Kier molecular flexibility index (Phi) is 6.91. The number of benzene rings is 1. The maximum atomic E-state index is 12.8. The number of halogens is 1. The minimum atomic E-state index is -0.457. The van der Waals surface area contributed by atoms with Crippen LogP contribution in [-0.4, -0.2) is 41.1 Å². The van der Waals surface area contributed by atoms with Gasteiger partial charge in [0.25, 0.3) is 5.91 Å². The van der Waals surface area contributed by atoms with Crippen LogP contribution >= 0.6 is 23.8 Å². The molecule has 28 heavy (non-hydrogen) atoms. The SMILES string of the molecule is CCOC(=O)COc1ccc(/C=C2\NC(=S)N(C3CCCCC3)C2=O)cc1Cl. The van der Waals surface area contributed by atoms with Gasteiger partial charge in [0.1, 0.15) is 11.4 Å². The highest BCUT2D eigenvalue weighted by Gasteiger charge is 2.36. The Bertz CT molecular complexity index is 805. The fraction of sp³-hybridized carbons (Fsp3) is 0.450. The number of hydrogen-bond donors (Lipinski definition) is 1. The van der Waals surface area contributed by atoms with Gasteiger partial charge in [-0.2, -0.15) is 0 Å². The summed E-state index contributed by atoms with van der Waals surface area (Å²) in [5, 5.41) is 3.83. The third kappa shape index (κ3) is 4.83. The van der Waals surface area contributed by atoms with Crippen LogP contribution in [0.2, 0.25) is 5.02 Å². The number of nitrogens with one attached hydrogen (secondary N) is 1. The summed E-state index contributed by atoms with van der Waals surface area (Å²) in [6.45, 7) is 1.81. The average Bonchev–Trinajstić information content (AvgIpc) is 2.95.